The summed E-state index contributed by atoms with van der Waals surface area (Å²) in [5.41, 5.74) is 1.14. The molecule has 0 unspecified atom stereocenters. The van der Waals surface area contributed by atoms with E-state index in [2.05, 4.69) is 10.6 Å². The molecule has 0 saturated heterocycles. The molecule has 2 amide bonds. The van der Waals surface area contributed by atoms with Crippen LogP contribution in [0, 0.1) is 10.1 Å². The summed E-state index contributed by atoms with van der Waals surface area (Å²) in [5.74, 6) is -0.695. The number of nitro benzene ring substituents is 1. The maximum atomic E-state index is 12.1. The van der Waals surface area contributed by atoms with Gasteiger partial charge in [0.15, 0.2) is 5.76 Å². The van der Waals surface area contributed by atoms with E-state index in [0.29, 0.717) is 16.9 Å². The molecule has 0 saturated carbocycles. The molecule has 9 heteroatoms. The van der Waals surface area contributed by atoms with E-state index in [1.54, 1.807) is 36.4 Å². The van der Waals surface area contributed by atoms with Crippen molar-refractivity contribution in [2.24, 2.45) is 0 Å². The second kappa shape index (κ2) is 8.85. The Balaban J connectivity index is 1.65. The van der Waals surface area contributed by atoms with Crippen LogP contribution in [0.25, 0.3) is 6.08 Å². The van der Waals surface area contributed by atoms with Crippen LogP contribution in [-0.2, 0) is 4.79 Å². The Labute approximate surface area is 169 Å². The minimum Gasteiger partial charge on any atom is -0.459 e. The average Bonchev–Trinajstić information content (AvgIpc) is 3.22. The lowest BCUT2D eigenvalue weighted by Crippen LogP contribution is -2.12. The number of nitrogens with one attached hydrogen (secondary N) is 2. The van der Waals surface area contributed by atoms with E-state index in [-0.39, 0.29) is 16.5 Å². The number of benzene rings is 2. The zero-order valence-corrected chi connectivity index (χ0v) is 15.6. The number of hydrogen-bond acceptors (Lipinski definition) is 5. The molecular weight excluding hydrogens is 398 g/mol. The molecule has 0 aliphatic rings. The topological polar surface area (TPSA) is 114 Å². The van der Waals surface area contributed by atoms with E-state index in [4.69, 9.17) is 16.0 Å². The summed E-state index contributed by atoms with van der Waals surface area (Å²) in [6, 6.07) is 13.9. The van der Waals surface area contributed by atoms with E-state index in [1.165, 1.54) is 36.6 Å². The third-order valence-electron chi connectivity index (χ3n) is 3.73. The van der Waals surface area contributed by atoms with E-state index in [9.17, 15) is 19.7 Å². The number of nitro groups is 1. The highest BCUT2D eigenvalue weighted by molar-refractivity contribution is 6.32. The highest BCUT2D eigenvalue weighted by atomic mass is 35.5. The zero-order valence-electron chi connectivity index (χ0n) is 14.8. The Hall–Kier alpha value is -3.91. The predicted octanol–water partition coefficient (Wildman–Crippen LogP) is 4.75. The standard InChI is InChI=1S/C20H14ClN3O5/c21-16-8-6-13(11-17(16)24(27)28)7-9-19(25)22-14-3-1-4-15(12-14)23-20(26)18-5-2-10-29-18/h1-12H,(H,22,25)(H,23,26)/b9-7+. The molecule has 146 valence electrons. The number of halogens is 1. The summed E-state index contributed by atoms with van der Waals surface area (Å²) in [4.78, 5) is 34.5. The second-order valence-corrected chi connectivity index (χ2v) is 6.21. The maximum absolute atomic E-state index is 12.1. The summed E-state index contributed by atoms with van der Waals surface area (Å²) in [6.45, 7) is 0. The van der Waals surface area contributed by atoms with Gasteiger partial charge in [-0.1, -0.05) is 23.7 Å². The molecule has 0 bridgehead atoms. The third-order valence-corrected chi connectivity index (χ3v) is 4.05. The summed E-state index contributed by atoms with van der Waals surface area (Å²) >= 11 is 5.76. The van der Waals surface area contributed by atoms with Crippen LogP contribution in [-0.4, -0.2) is 16.7 Å². The first-order valence-electron chi connectivity index (χ1n) is 8.30. The SMILES string of the molecule is O=C(/C=C/c1ccc(Cl)c([N+](=O)[O-])c1)Nc1cccc(NC(=O)c2ccco2)c1. The summed E-state index contributed by atoms with van der Waals surface area (Å²) in [7, 11) is 0. The van der Waals surface area contributed by atoms with Crippen molar-refractivity contribution in [1.82, 2.24) is 0 Å². The van der Waals surface area contributed by atoms with E-state index in [1.807, 2.05) is 0 Å². The summed E-state index contributed by atoms with van der Waals surface area (Å²) < 4.78 is 5.03. The fourth-order valence-corrected chi connectivity index (χ4v) is 2.59. The quantitative estimate of drug-likeness (QED) is 0.345. The first kappa shape index (κ1) is 19.8. The van der Waals surface area contributed by atoms with Gasteiger partial charge < -0.3 is 15.1 Å². The van der Waals surface area contributed by atoms with Crippen molar-refractivity contribution in [2.75, 3.05) is 10.6 Å². The summed E-state index contributed by atoms with van der Waals surface area (Å²) in [6.07, 6.45) is 4.06. The van der Waals surface area contributed by atoms with Gasteiger partial charge >= 0.3 is 0 Å². The number of hydrogen-bond donors (Lipinski definition) is 2. The predicted molar refractivity (Wildman–Crippen MR) is 109 cm³/mol. The van der Waals surface area contributed by atoms with Gasteiger partial charge in [-0.05, 0) is 48.0 Å². The van der Waals surface area contributed by atoms with Crippen LogP contribution in [0.4, 0.5) is 17.1 Å². The second-order valence-electron chi connectivity index (χ2n) is 5.80. The molecule has 0 aliphatic carbocycles. The molecule has 2 aromatic carbocycles. The highest BCUT2D eigenvalue weighted by Gasteiger charge is 2.12. The Morgan fingerprint density at radius 3 is 2.48 bits per heavy atom. The van der Waals surface area contributed by atoms with Crippen LogP contribution in [0.5, 0.6) is 0 Å². The molecular formula is C20H14ClN3O5. The largest absolute Gasteiger partial charge is 0.459 e. The van der Waals surface area contributed by atoms with E-state index >= 15 is 0 Å². The van der Waals surface area contributed by atoms with Crippen molar-refractivity contribution in [3.8, 4) is 0 Å². The molecule has 0 spiro atoms. The van der Waals surface area contributed by atoms with Crippen molar-refractivity contribution in [1.29, 1.82) is 0 Å². The van der Waals surface area contributed by atoms with Crippen molar-refractivity contribution in [3.05, 3.63) is 93.4 Å². The molecule has 1 aromatic heterocycles. The maximum Gasteiger partial charge on any atom is 0.291 e. The van der Waals surface area contributed by atoms with Gasteiger partial charge in [0.05, 0.1) is 11.2 Å². The Morgan fingerprint density at radius 2 is 1.79 bits per heavy atom. The smallest absolute Gasteiger partial charge is 0.291 e. The molecule has 0 fully saturated rings. The third kappa shape index (κ3) is 5.30. The van der Waals surface area contributed by atoms with Gasteiger partial charge in [0, 0.05) is 23.5 Å². The number of furan rings is 1. The average molecular weight is 412 g/mol. The first-order valence-corrected chi connectivity index (χ1v) is 8.68. The van der Waals surface area contributed by atoms with Crippen molar-refractivity contribution < 1.29 is 18.9 Å². The van der Waals surface area contributed by atoms with Gasteiger partial charge in [-0.3, -0.25) is 19.7 Å². The van der Waals surface area contributed by atoms with Crippen LogP contribution >= 0.6 is 11.6 Å². The molecule has 29 heavy (non-hydrogen) atoms. The fraction of sp³-hybridized carbons (Fsp3) is 0. The van der Waals surface area contributed by atoms with Crippen LogP contribution < -0.4 is 10.6 Å². The Kier molecular flexibility index (Phi) is 6.06. The Morgan fingerprint density at radius 1 is 1.03 bits per heavy atom. The van der Waals surface area contributed by atoms with Crippen LogP contribution in [0.1, 0.15) is 16.1 Å². The van der Waals surface area contributed by atoms with Crippen molar-refractivity contribution in [2.45, 2.75) is 0 Å². The molecule has 2 N–H and O–H groups in total. The number of amides is 2. The molecule has 3 rings (SSSR count). The zero-order chi connectivity index (χ0) is 20.8. The molecule has 1 heterocycles. The normalized spacial score (nSPS) is 10.7. The lowest BCUT2D eigenvalue weighted by Gasteiger charge is -2.07. The van der Waals surface area contributed by atoms with Crippen LogP contribution in [0.3, 0.4) is 0 Å². The van der Waals surface area contributed by atoms with Crippen LogP contribution in [0.2, 0.25) is 5.02 Å². The lowest BCUT2D eigenvalue weighted by atomic mass is 10.2. The number of carbonyl (C=O) groups excluding carboxylic acids is 2. The van der Waals surface area contributed by atoms with Gasteiger partial charge in [-0.15, -0.1) is 0 Å². The van der Waals surface area contributed by atoms with Crippen molar-refractivity contribution >= 4 is 46.6 Å². The monoisotopic (exact) mass is 411 g/mol. The number of nitrogens with zero attached hydrogens (tertiary/aromatic N) is 1. The minimum atomic E-state index is -0.595. The first-order chi connectivity index (χ1) is 13.9. The highest BCUT2D eigenvalue weighted by Crippen LogP contribution is 2.25. The van der Waals surface area contributed by atoms with Gasteiger partial charge in [0.2, 0.25) is 5.91 Å². The molecule has 0 radical (unpaired) electrons. The van der Waals surface area contributed by atoms with Crippen LogP contribution in [0.15, 0.2) is 71.4 Å². The molecule has 0 atom stereocenters. The fourth-order valence-electron chi connectivity index (χ4n) is 2.40. The molecule has 8 nitrogen and oxygen atoms in total. The molecule has 3 aromatic rings. The van der Waals surface area contributed by atoms with Crippen molar-refractivity contribution in [3.63, 3.8) is 0 Å². The lowest BCUT2D eigenvalue weighted by molar-refractivity contribution is -0.384. The minimum absolute atomic E-state index is 0.0185. The number of carbonyl (C=O) groups is 2. The molecule has 0 aliphatic heterocycles. The van der Waals surface area contributed by atoms with E-state index in [0.717, 1.165) is 0 Å². The van der Waals surface area contributed by atoms with Gasteiger partial charge in [0.1, 0.15) is 5.02 Å². The van der Waals surface area contributed by atoms with Gasteiger partial charge in [-0.25, -0.2) is 0 Å². The van der Waals surface area contributed by atoms with Gasteiger partial charge in [-0.2, -0.15) is 0 Å². The van der Waals surface area contributed by atoms with E-state index < -0.39 is 16.7 Å². The Bertz CT molecular complexity index is 1090. The summed E-state index contributed by atoms with van der Waals surface area (Å²) in [5, 5.41) is 16.2. The number of rotatable bonds is 6. The number of anilines is 2. The van der Waals surface area contributed by atoms with Gasteiger partial charge in [0.25, 0.3) is 11.6 Å².